The van der Waals surface area contributed by atoms with Crippen molar-refractivity contribution in [3.05, 3.63) is 35.4 Å². The van der Waals surface area contributed by atoms with E-state index in [0.717, 1.165) is 25.3 Å². The topological polar surface area (TPSA) is 0 Å². The molecule has 0 aromatic heterocycles. The highest BCUT2D eigenvalue weighted by atomic mass is 35.5. The van der Waals surface area contributed by atoms with Crippen molar-refractivity contribution < 1.29 is 8.78 Å². The van der Waals surface area contributed by atoms with Gasteiger partial charge in [-0.1, -0.05) is 0 Å². The summed E-state index contributed by atoms with van der Waals surface area (Å²) in [4.78, 5) is 0. The largest absolute Gasteiger partial charge is 0.207 e. The molecule has 2 rings (SSSR count). The van der Waals surface area contributed by atoms with Crippen LogP contribution in [0.4, 0.5) is 8.78 Å². The molecular formula is C12H13ClF2. The zero-order valence-electron chi connectivity index (χ0n) is 8.35. The molecule has 1 saturated carbocycles. The van der Waals surface area contributed by atoms with Gasteiger partial charge in [0.1, 0.15) is 11.6 Å². The molecule has 1 aliphatic rings. The molecule has 0 aliphatic heterocycles. The third-order valence-corrected chi connectivity index (χ3v) is 3.39. The summed E-state index contributed by atoms with van der Waals surface area (Å²) >= 11 is 5.98. The molecular weight excluding hydrogens is 218 g/mol. The van der Waals surface area contributed by atoms with Gasteiger partial charge in [0.2, 0.25) is 0 Å². The van der Waals surface area contributed by atoms with Gasteiger partial charge < -0.3 is 0 Å². The van der Waals surface area contributed by atoms with Crippen LogP contribution in [0.2, 0.25) is 0 Å². The summed E-state index contributed by atoms with van der Waals surface area (Å²) in [6.07, 6.45) is 3.53. The average Bonchev–Trinajstić information content (AvgIpc) is 2.58. The molecule has 0 nitrogen and oxygen atoms in total. The van der Waals surface area contributed by atoms with Crippen LogP contribution in [0.1, 0.15) is 24.8 Å². The van der Waals surface area contributed by atoms with E-state index in [-0.39, 0.29) is 17.0 Å². The van der Waals surface area contributed by atoms with Crippen LogP contribution in [-0.2, 0) is 6.42 Å². The van der Waals surface area contributed by atoms with Gasteiger partial charge in [-0.2, -0.15) is 0 Å². The molecule has 0 heterocycles. The fraction of sp³-hybridized carbons (Fsp3) is 0.500. The predicted molar refractivity (Wildman–Crippen MR) is 57.0 cm³/mol. The Kier molecular flexibility index (Phi) is 3.25. The second-order valence-corrected chi connectivity index (χ2v) is 4.83. The maximum atomic E-state index is 13.3. The lowest BCUT2D eigenvalue weighted by Crippen LogP contribution is -2.03. The van der Waals surface area contributed by atoms with Crippen LogP contribution in [0.15, 0.2) is 18.2 Å². The van der Waals surface area contributed by atoms with E-state index in [1.54, 1.807) is 0 Å². The number of hydrogen-bond donors (Lipinski definition) is 0. The molecule has 0 saturated heterocycles. The smallest absolute Gasteiger partial charge is 0.126 e. The molecule has 0 spiro atoms. The van der Waals surface area contributed by atoms with Gasteiger partial charge in [0.25, 0.3) is 0 Å². The maximum absolute atomic E-state index is 13.3. The van der Waals surface area contributed by atoms with E-state index in [9.17, 15) is 8.78 Å². The highest BCUT2D eigenvalue weighted by Crippen LogP contribution is 2.32. The Bertz CT molecular complexity index is 351. The minimum Gasteiger partial charge on any atom is -0.207 e. The number of alkyl halides is 1. The van der Waals surface area contributed by atoms with Crippen molar-refractivity contribution in [2.24, 2.45) is 5.92 Å². The van der Waals surface area contributed by atoms with Gasteiger partial charge >= 0.3 is 0 Å². The molecule has 0 radical (unpaired) electrons. The van der Waals surface area contributed by atoms with E-state index >= 15 is 0 Å². The predicted octanol–water partition coefficient (Wildman–Crippen LogP) is 3.91. The number of hydrogen-bond acceptors (Lipinski definition) is 0. The molecule has 1 aromatic rings. The zero-order chi connectivity index (χ0) is 10.8. The summed E-state index contributed by atoms with van der Waals surface area (Å²) in [5, 5.41) is 0.214. The van der Waals surface area contributed by atoms with Crippen LogP contribution < -0.4 is 0 Å². The second kappa shape index (κ2) is 4.48. The first-order valence-corrected chi connectivity index (χ1v) is 5.67. The van der Waals surface area contributed by atoms with Crippen LogP contribution in [-0.4, -0.2) is 5.38 Å². The molecule has 3 heteroatoms. The van der Waals surface area contributed by atoms with Crippen molar-refractivity contribution in [1.82, 2.24) is 0 Å². The maximum Gasteiger partial charge on any atom is 0.126 e. The quantitative estimate of drug-likeness (QED) is 0.676. The normalized spacial score (nSPS) is 25.8. The SMILES string of the molecule is Fc1ccc(F)c(CC2CCC(Cl)C2)c1. The molecule has 1 fully saturated rings. The minimum atomic E-state index is -0.369. The lowest BCUT2D eigenvalue weighted by Gasteiger charge is -2.09. The van der Waals surface area contributed by atoms with Crippen molar-refractivity contribution in [3.63, 3.8) is 0 Å². The van der Waals surface area contributed by atoms with Gasteiger partial charge in [-0.25, -0.2) is 8.78 Å². The summed E-state index contributed by atoms with van der Waals surface area (Å²) in [5.41, 5.74) is 0.478. The van der Waals surface area contributed by atoms with Gasteiger partial charge in [0.15, 0.2) is 0 Å². The van der Waals surface area contributed by atoms with Crippen LogP contribution in [0.25, 0.3) is 0 Å². The molecule has 82 valence electrons. The summed E-state index contributed by atoms with van der Waals surface area (Å²) in [5.74, 6) is -0.273. The van der Waals surface area contributed by atoms with Crippen LogP contribution in [0.3, 0.4) is 0 Å². The summed E-state index contributed by atoms with van der Waals surface area (Å²) < 4.78 is 26.2. The molecule has 15 heavy (non-hydrogen) atoms. The molecule has 1 aromatic carbocycles. The Morgan fingerprint density at radius 2 is 2.07 bits per heavy atom. The van der Waals surface area contributed by atoms with E-state index in [2.05, 4.69) is 0 Å². The Labute approximate surface area is 93.2 Å². The van der Waals surface area contributed by atoms with Gasteiger partial charge in [0, 0.05) is 5.38 Å². The van der Waals surface area contributed by atoms with Crippen molar-refractivity contribution in [2.75, 3.05) is 0 Å². The van der Waals surface area contributed by atoms with Crippen LogP contribution in [0.5, 0.6) is 0 Å². The fourth-order valence-electron chi connectivity index (χ4n) is 2.21. The molecule has 1 aliphatic carbocycles. The molecule has 0 amide bonds. The molecule has 2 atom stereocenters. The van der Waals surface area contributed by atoms with Crippen LogP contribution in [0, 0.1) is 17.6 Å². The van der Waals surface area contributed by atoms with Crippen molar-refractivity contribution in [1.29, 1.82) is 0 Å². The average molecular weight is 231 g/mol. The number of benzene rings is 1. The molecule has 0 bridgehead atoms. The van der Waals surface area contributed by atoms with Crippen molar-refractivity contribution >= 4 is 11.6 Å². The summed E-state index contributed by atoms with van der Waals surface area (Å²) in [6, 6.07) is 3.63. The standard InChI is InChI=1S/C12H13ClF2/c13-10-2-1-8(6-10)5-9-7-11(14)3-4-12(9)15/h3-4,7-8,10H,1-2,5-6H2. The first-order chi connectivity index (χ1) is 7.15. The third-order valence-electron chi connectivity index (χ3n) is 2.99. The first kappa shape index (κ1) is 10.9. The Hall–Kier alpha value is -0.630. The highest BCUT2D eigenvalue weighted by Gasteiger charge is 2.23. The van der Waals surface area contributed by atoms with Crippen molar-refractivity contribution in [3.8, 4) is 0 Å². The molecule has 2 unspecified atom stereocenters. The summed E-state index contributed by atoms with van der Waals surface area (Å²) in [6.45, 7) is 0. The second-order valence-electron chi connectivity index (χ2n) is 4.22. The lowest BCUT2D eigenvalue weighted by molar-refractivity contribution is 0.515. The van der Waals surface area contributed by atoms with E-state index in [1.165, 1.54) is 12.1 Å². The van der Waals surface area contributed by atoms with Gasteiger partial charge in [-0.05, 0) is 55.4 Å². The van der Waals surface area contributed by atoms with Crippen LogP contribution >= 0.6 is 11.6 Å². The van der Waals surface area contributed by atoms with Gasteiger partial charge in [-0.15, -0.1) is 11.6 Å². The Balaban J connectivity index is 2.07. The third kappa shape index (κ3) is 2.69. The van der Waals surface area contributed by atoms with Crippen molar-refractivity contribution in [2.45, 2.75) is 31.1 Å². The van der Waals surface area contributed by atoms with Gasteiger partial charge in [-0.3, -0.25) is 0 Å². The van der Waals surface area contributed by atoms with Gasteiger partial charge in [0.05, 0.1) is 0 Å². The van der Waals surface area contributed by atoms with E-state index in [1.807, 2.05) is 0 Å². The Morgan fingerprint density at radius 3 is 2.73 bits per heavy atom. The number of rotatable bonds is 2. The van der Waals surface area contributed by atoms with E-state index in [4.69, 9.17) is 11.6 Å². The lowest BCUT2D eigenvalue weighted by atomic mass is 9.97. The minimum absolute atomic E-state index is 0.214. The number of halogens is 3. The van der Waals surface area contributed by atoms with E-state index < -0.39 is 0 Å². The monoisotopic (exact) mass is 230 g/mol. The molecule has 0 N–H and O–H groups in total. The van der Waals surface area contributed by atoms with E-state index in [0.29, 0.717) is 17.9 Å². The summed E-state index contributed by atoms with van der Waals surface area (Å²) in [7, 11) is 0. The highest BCUT2D eigenvalue weighted by molar-refractivity contribution is 6.20. The fourth-order valence-corrected chi connectivity index (χ4v) is 2.59. The zero-order valence-corrected chi connectivity index (χ0v) is 9.11. The first-order valence-electron chi connectivity index (χ1n) is 5.23. The Morgan fingerprint density at radius 1 is 1.27 bits per heavy atom.